The zero-order valence-corrected chi connectivity index (χ0v) is 10.0. The van der Waals surface area contributed by atoms with Gasteiger partial charge in [0.1, 0.15) is 17.9 Å². The van der Waals surface area contributed by atoms with E-state index >= 15 is 0 Å². The average Bonchev–Trinajstić information content (AvgIpc) is 2.31. The Morgan fingerprint density at radius 3 is 2.56 bits per heavy atom. The molecular weight excluding hydrogens is 240 g/mol. The Morgan fingerprint density at radius 2 is 2.06 bits per heavy atom. The number of ether oxygens (including phenoxy) is 2. The van der Waals surface area contributed by atoms with Crippen LogP contribution in [0.2, 0.25) is 0 Å². The number of methoxy groups -OCH3 is 2. The summed E-state index contributed by atoms with van der Waals surface area (Å²) in [6.07, 6.45) is 0. The zero-order chi connectivity index (χ0) is 13.7. The van der Waals surface area contributed by atoms with Crippen LogP contribution in [0.1, 0.15) is 10.4 Å². The SMILES string of the molecule is COCC(=O)Nc1ccc(OC)c(C(N)=O)c1O. The molecule has 2 amide bonds. The molecule has 7 nitrogen and oxygen atoms in total. The Bertz CT molecular complexity index is 473. The summed E-state index contributed by atoms with van der Waals surface area (Å²) in [4.78, 5) is 22.5. The molecule has 0 aliphatic carbocycles. The molecule has 0 saturated heterocycles. The number of carbonyl (C=O) groups excluding carboxylic acids is 2. The largest absolute Gasteiger partial charge is 0.505 e. The summed E-state index contributed by atoms with van der Waals surface area (Å²) in [6, 6.07) is 2.82. The number of aromatic hydroxyl groups is 1. The van der Waals surface area contributed by atoms with Gasteiger partial charge >= 0.3 is 0 Å². The highest BCUT2D eigenvalue weighted by atomic mass is 16.5. The van der Waals surface area contributed by atoms with Gasteiger partial charge in [0.15, 0.2) is 5.75 Å². The summed E-state index contributed by atoms with van der Waals surface area (Å²) in [6.45, 7) is -0.169. The van der Waals surface area contributed by atoms with Gasteiger partial charge in [0.2, 0.25) is 5.91 Å². The molecule has 0 spiro atoms. The second-order valence-electron chi connectivity index (χ2n) is 3.38. The smallest absolute Gasteiger partial charge is 0.256 e. The van der Waals surface area contributed by atoms with Crippen LogP contribution in [0.15, 0.2) is 12.1 Å². The number of nitrogens with one attached hydrogen (secondary N) is 1. The van der Waals surface area contributed by atoms with Crippen molar-refractivity contribution in [3.05, 3.63) is 17.7 Å². The van der Waals surface area contributed by atoms with E-state index in [1.165, 1.54) is 26.4 Å². The fraction of sp³-hybridized carbons (Fsp3) is 0.273. The maximum atomic E-state index is 11.3. The lowest BCUT2D eigenvalue weighted by Crippen LogP contribution is -2.18. The van der Waals surface area contributed by atoms with Crippen LogP contribution in [0.25, 0.3) is 0 Å². The number of hydrogen-bond donors (Lipinski definition) is 3. The molecule has 0 saturated carbocycles. The van der Waals surface area contributed by atoms with Crippen LogP contribution in [0, 0.1) is 0 Å². The molecule has 0 radical (unpaired) electrons. The minimum atomic E-state index is -0.854. The fourth-order valence-electron chi connectivity index (χ4n) is 1.40. The lowest BCUT2D eigenvalue weighted by molar-refractivity contribution is -0.119. The molecule has 4 N–H and O–H groups in total. The number of primary amides is 1. The van der Waals surface area contributed by atoms with Crippen molar-refractivity contribution < 1.29 is 24.2 Å². The number of rotatable bonds is 5. The standard InChI is InChI=1S/C11H14N2O5/c1-17-5-8(14)13-6-3-4-7(18-2)9(10(6)15)11(12)16/h3-4,15H,5H2,1-2H3,(H2,12,16)(H,13,14). The number of amides is 2. The number of carbonyl (C=O) groups is 2. The second-order valence-corrected chi connectivity index (χ2v) is 3.38. The van der Waals surface area contributed by atoms with Gasteiger partial charge in [-0.3, -0.25) is 9.59 Å². The van der Waals surface area contributed by atoms with Gasteiger partial charge in [0.05, 0.1) is 12.8 Å². The van der Waals surface area contributed by atoms with Crippen molar-refractivity contribution in [1.29, 1.82) is 0 Å². The molecular formula is C11H14N2O5. The van der Waals surface area contributed by atoms with E-state index in [2.05, 4.69) is 10.1 Å². The van der Waals surface area contributed by atoms with Crippen molar-refractivity contribution in [1.82, 2.24) is 0 Å². The third-order valence-corrected chi connectivity index (χ3v) is 2.16. The Morgan fingerprint density at radius 1 is 1.39 bits per heavy atom. The minimum absolute atomic E-state index is 0.0617. The van der Waals surface area contributed by atoms with E-state index in [9.17, 15) is 14.7 Å². The van der Waals surface area contributed by atoms with Crippen LogP contribution in [0.5, 0.6) is 11.5 Å². The topological polar surface area (TPSA) is 111 Å². The number of hydrogen-bond acceptors (Lipinski definition) is 5. The van der Waals surface area contributed by atoms with Gasteiger partial charge in [-0.1, -0.05) is 0 Å². The third kappa shape index (κ3) is 2.89. The monoisotopic (exact) mass is 254 g/mol. The maximum Gasteiger partial charge on any atom is 0.256 e. The van der Waals surface area contributed by atoms with E-state index in [0.29, 0.717) is 0 Å². The summed E-state index contributed by atoms with van der Waals surface area (Å²) < 4.78 is 9.53. The number of nitrogens with two attached hydrogens (primary N) is 1. The first-order valence-corrected chi connectivity index (χ1v) is 4.99. The summed E-state index contributed by atoms with van der Waals surface area (Å²) in [5.41, 5.74) is 5.01. The van der Waals surface area contributed by atoms with Gasteiger partial charge in [-0.25, -0.2) is 0 Å². The van der Waals surface area contributed by atoms with Gasteiger partial charge in [0, 0.05) is 7.11 Å². The molecule has 0 fully saturated rings. The van der Waals surface area contributed by atoms with Crippen LogP contribution < -0.4 is 15.8 Å². The van der Waals surface area contributed by atoms with Gasteiger partial charge in [0.25, 0.3) is 5.91 Å². The van der Waals surface area contributed by atoms with E-state index in [-0.39, 0.29) is 23.6 Å². The van der Waals surface area contributed by atoms with E-state index in [1.807, 2.05) is 0 Å². The zero-order valence-electron chi connectivity index (χ0n) is 10.0. The third-order valence-electron chi connectivity index (χ3n) is 2.16. The van der Waals surface area contributed by atoms with Crippen molar-refractivity contribution in [2.45, 2.75) is 0 Å². The Hall–Kier alpha value is -2.28. The van der Waals surface area contributed by atoms with Gasteiger partial charge in [-0.15, -0.1) is 0 Å². The van der Waals surface area contributed by atoms with Crippen molar-refractivity contribution in [2.75, 3.05) is 26.1 Å². The number of anilines is 1. The van der Waals surface area contributed by atoms with Crippen LogP contribution in [-0.4, -0.2) is 37.7 Å². The predicted octanol–water partition coefficient (Wildman–Crippen LogP) is 0.0846. The maximum absolute atomic E-state index is 11.3. The molecule has 1 aromatic rings. The van der Waals surface area contributed by atoms with E-state index in [1.54, 1.807) is 0 Å². The van der Waals surface area contributed by atoms with Crippen LogP contribution >= 0.6 is 0 Å². The molecule has 0 bridgehead atoms. The Balaban J connectivity index is 3.12. The highest BCUT2D eigenvalue weighted by Gasteiger charge is 2.19. The van der Waals surface area contributed by atoms with E-state index < -0.39 is 17.6 Å². The molecule has 0 unspecified atom stereocenters. The second kappa shape index (κ2) is 5.87. The summed E-state index contributed by atoms with van der Waals surface area (Å²) >= 11 is 0. The molecule has 0 aliphatic heterocycles. The molecule has 1 rings (SSSR count). The van der Waals surface area contributed by atoms with Crippen molar-refractivity contribution in [3.8, 4) is 11.5 Å². The van der Waals surface area contributed by atoms with Crippen molar-refractivity contribution in [3.63, 3.8) is 0 Å². The van der Waals surface area contributed by atoms with Gasteiger partial charge in [-0.05, 0) is 12.1 Å². The number of benzene rings is 1. The Labute approximate surface area is 103 Å². The minimum Gasteiger partial charge on any atom is -0.505 e. The molecule has 0 atom stereocenters. The molecule has 0 aliphatic rings. The van der Waals surface area contributed by atoms with E-state index in [4.69, 9.17) is 10.5 Å². The van der Waals surface area contributed by atoms with Crippen LogP contribution in [0.4, 0.5) is 5.69 Å². The average molecular weight is 254 g/mol. The molecule has 18 heavy (non-hydrogen) atoms. The summed E-state index contributed by atoms with van der Waals surface area (Å²) in [5.74, 6) is -1.63. The quantitative estimate of drug-likeness (QED) is 0.644. The normalized spacial score (nSPS) is 9.89. The molecule has 1 aromatic carbocycles. The molecule has 0 heterocycles. The fourth-order valence-corrected chi connectivity index (χ4v) is 1.40. The van der Waals surface area contributed by atoms with Crippen molar-refractivity contribution >= 4 is 17.5 Å². The first-order chi connectivity index (χ1) is 8.51. The van der Waals surface area contributed by atoms with Gasteiger partial charge < -0.3 is 25.6 Å². The van der Waals surface area contributed by atoms with E-state index in [0.717, 1.165) is 0 Å². The molecule has 7 heteroatoms. The lowest BCUT2D eigenvalue weighted by Gasteiger charge is -2.12. The Kier molecular flexibility index (Phi) is 4.50. The van der Waals surface area contributed by atoms with Crippen LogP contribution in [-0.2, 0) is 9.53 Å². The van der Waals surface area contributed by atoms with Crippen LogP contribution in [0.3, 0.4) is 0 Å². The molecule has 98 valence electrons. The summed E-state index contributed by atoms with van der Waals surface area (Å²) in [7, 11) is 2.70. The molecule has 0 aromatic heterocycles. The lowest BCUT2D eigenvalue weighted by atomic mass is 10.1. The van der Waals surface area contributed by atoms with Crippen molar-refractivity contribution in [2.24, 2.45) is 5.73 Å². The first kappa shape index (κ1) is 13.8. The van der Waals surface area contributed by atoms with Gasteiger partial charge in [-0.2, -0.15) is 0 Å². The highest BCUT2D eigenvalue weighted by molar-refractivity contribution is 6.02. The number of phenols is 1. The first-order valence-electron chi connectivity index (χ1n) is 4.99. The predicted molar refractivity (Wildman–Crippen MR) is 63.7 cm³/mol. The highest BCUT2D eigenvalue weighted by Crippen LogP contribution is 2.34. The summed E-state index contributed by atoms with van der Waals surface area (Å²) in [5, 5.41) is 12.2.